The first-order valence-corrected chi connectivity index (χ1v) is 10.5. The second-order valence-corrected chi connectivity index (χ2v) is 7.92. The van der Waals surface area contributed by atoms with E-state index in [1.165, 1.54) is 0 Å². The van der Waals surface area contributed by atoms with Crippen molar-refractivity contribution < 1.29 is 14.3 Å². The fourth-order valence-corrected chi connectivity index (χ4v) is 4.14. The van der Waals surface area contributed by atoms with E-state index >= 15 is 0 Å². The zero-order chi connectivity index (χ0) is 20.1. The molecule has 154 valence electrons. The molecule has 2 saturated heterocycles. The number of amides is 1. The fourth-order valence-electron chi connectivity index (χ4n) is 3.85. The van der Waals surface area contributed by atoms with Gasteiger partial charge in [-0.05, 0) is 31.0 Å². The third-order valence-electron chi connectivity index (χ3n) is 5.41. The van der Waals surface area contributed by atoms with Gasteiger partial charge in [-0.3, -0.25) is 4.79 Å². The number of para-hydroxylation sites is 1. The average molecular weight is 416 g/mol. The van der Waals surface area contributed by atoms with Crippen LogP contribution in [-0.2, 0) is 4.74 Å². The number of ether oxygens (including phenoxy) is 2. The summed E-state index contributed by atoms with van der Waals surface area (Å²) in [6.45, 7) is 4.78. The van der Waals surface area contributed by atoms with E-state index in [1.807, 2.05) is 30.3 Å². The van der Waals surface area contributed by atoms with Crippen LogP contribution in [0.2, 0.25) is 5.02 Å². The molecule has 0 N–H and O–H groups in total. The van der Waals surface area contributed by atoms with E-state index in [0.717, 1.165) is 37.5 Å². The molecule has 0 saturated carbocycles. The van der Waals surface area contributed by atoms with E-state index in [2.05, 4.69) is 9.88 Å². The van der Waals surface area contributed by atoms with Crippen LogP contribution in [0.1, 0.15) is 23.2 Å². The SMILES string of the molecule is O=C(c1cnc(N2CCCC(COc3ccccc3)C2)c(Cl)c1)N1CCOCC1. The highest BCUT2D eigenvalue weighted by Crippen LogP contribution is 2.29. The van der Waals surface area contributed by atoms with Crippen molar-refractivity contribution in [1.82, 2.24) is 9.88 Å². The van der Waals surface area contributed by atoms with Crippen molar-refractivity contribution in [2.75, 3.05) is 50.9 Å². The van der Waals surface area contributed by atoms with Crippen molar-refractivity contribution in [3.05, 3.63) is 53.2 Å². The first-order chi connectivity index (χ1) is 14.2. The molecule has 7 heteroatoms. The standard InChI is InChI=1S/C22H26ClN3O3/c23-20-13-18(22(27)25-9-11-28-12-10-25)14-24-21(20)26-8-4-5-17(15-26)16-29-19-6-2-1-3-7-19/h1-3,6-7,13-14,17H,4-5,8-12,15-16H2. The Balaban J connectivity index is 1.39. The topological polar surface area (TPSA) is 54.9 Å². The number of hydrogen-bond donors (Lipinski definition) is 0. The van der Waals surface area contributed by atoms with Crippen LogP contribution in [0.15, 0.2) is 42.6 Å². The van der Waals surface area contributed by atoms with E-state index in [0.29, 0.717) is 49.4 Å². The second kappa shape index (κ2) is 9.46. The summed E-state index contributed by atoms with van der Waals surface area (Å²) in [6.07, 6.45) is 3.83. The van der Waals surface area contributed by atoms with Gasteiger partial charge in [0.15, 0.2) is 0 Å². The molecule has 1 amide bonds. The molecule has 1 aromatic heterocycles. The Morgan fingerprint density at radius 2 is 2.00 bits per heavy atom. The number of carbonyl (C=O) groups excluding carboxylic acids is 1. The van der Waals surface area contributed by atoms with Crippen molar-refractivity contribution in [3.63, 3.8) is 0 Å². The van der Waals surface area contributed by atoms with Crippen LogP contribution in [0.4, 0.5) is 5.82 Å². The minimum absolute atomic E-state index is 0.0398. The van der Waals surface area contributed by atoms with Crippen molar-refractivity contribution in [3.8, 4) is 5.75 Å². The number of aromatic nitrogens is 1. The summed E-state index contributed by atoms with van der Waals surface area (Å²) >= 11 is 6.54. The van der Waals surface area contributed by atoms with Gasteiger partial charge < -0.3 is 19.3 Å². The predicted octanol–water partition coefficient (Wildman–Crippen LogP) is 3.50. The molecular weight excluding hydrogens is 390 g/mol. The Morgan fingerprint density at radius 1 is 1.21 bits per heavy atom. The molecule has 2 aromatic rings. The van der Waals surface area contributed by atoms with E-state index in [4.69, 9.17) is 21.1 Å². The summed E-state index contributed by atoms with van der Waals surface area (Å²) in [5.74, 6) is 2.01. The molecule has 1 aromatic carbocycles. The maximum atomic E-state index is 12.7. The molecule has 2 aliphatic rings. The number of halogens is 1. The van der Waals surface area contributed by atoms with E-state index < -0.39 is 0 Å². The first-order valence-electron chi connectivity index (χ1n) is 10.2. The van der Waals surface area contributed by atoms with Crippen LogP contribution in [0.5, 0.6) is 5.75 Å². The van der Waals surface area contributed by atoms with Gasteiger partial charge in [0.05, 0.1) is 30.4 Å². The van der Waals surface area contributed by atoms with E-state index in [-0.39, 0.29) is 5.91 Å². The van der Waals surface area contributed by atoms with Crippen LogP contribution in [-0.4, -0.2) is 61.8 Å². The van der Waals surface area contributed by atoms with Crippen LogP contribution in [0.3, 0.4) is 0 Å². The smallest absolute Gasteiger partial charge is 0.255 e. The van der Waals surface area contributed by atoms with Crippen molar-refractivity contribution in [2.24, 2.45) is 5.92 Å². The third-order valence-corrected chi connectivity index (χ3v) is 5.69. The molecule has 0 aliphatic carbocycles. The Hall–Kier alpha value is -2.31. The largest absolute Gasteiger partial charge is 0.493 e. The number of pyridine rings is 1. The summed E-state index contributed by atoms with van der Waals surface area (Å²) < 4.78 is 11.3. The Morgan fingerprint density at radius 3 is 2.76 bits per heavy atom. The van der Waals surface area contributed by atoms with Gasteiger partial charge in [0.25, 0.3) is 5.91 Å². The average Bonchev–Trinajstić information content (AvgIpc) is 2.78. The van der Waals surface area contributed by atoms with Crippen molar-refractivity contribution in [1.29, 1.82) is 0 Å². The molecule has 1 atom stereocenters. The lowest BCUT2D eigenvalue weighted by molar-refractivity contribution is 0.0302. The van der Waals surface area contributed by atoms with Gasteiger partial charge in [-0.25, -0.2) is 4.98 Å². The lowest BCUT2D eigenvalue weighted by atomic mass is 9.99. The monoisotopic (exact) mass is 415 g/mol. The molecule has 0 bridgehead atoms. The van der Waals surface area contributed by atoms with E-state index in [1.54, 1.807) is 17.2 Å². The van der Waals surface area contributed by atoms with Gasteiger partial charge >= 0.3 is 0 Å². The van der Waals surface area contributed by atoms with Gasteiger partial charge in [0.2, 0.25) is 0 Å². The van der Waals surface area contributed by atoms with Gasteiger partial charge in [-0.1, -0.05) is 29.8 Å². The second-order valence-electron chi connectivity index (χ2n) is 7.51. The quantitative estimate of drug-likeness (QED) is 0.748. The summed E-state index contributed by atoms with van der Waals surface area (Å²) in [6, 6.07) is 11.6. The molecule has 0 radical (unpaired) electrons. The number of nitrogens with zero attached hydrogens (tertiary/aromatic N) is 3. The molecular formula is C22H26ClN3O3. The highest BCUT2D eigenvalue weighted by Gasteiger charge is 2.25. The molecule has 0 spiro atoms. The lowest BCUT2D eigenvalue weighted by Gasteiger charge is -2.34. The van der Waals surface area contributed by atoms with Crippen LogP contribution in [0, 0.1) is 5.92 Å². The van der Waals surface area contributed by atoms with Crippen molar-refractivity contribution in [2.45, 2.75) is 12.8 Å². The highest BCUT2D eigenvalue weighted by atomic mass is 35.5. The maximum absolute atomic E-state index is 12.7. The highest BCUT2D eigenvalue weighted by molar-refractivity contribution is 6.33. The zero-order valence-electron chi connectivity index (χ0n) is 16.4. The summed E-state index contributed by atoms with van der Waals surface area (Å²) in [5.41, 5.74) is 0.529. The molecule has 3 heterocycles. The minimum atomic E-state index is -0.0398. The predicted molar refractivity (Wildman–Crippen MR) is 113 cm³/mol. The van der Waals surface area contributed by atoms with Gasteiger partial charge in [0, 0.05) is 38.3 Å². The number of rotatable bonds is 5. The van der Waals surface area contributed by atoms with Gasteiger partial charge in [-0.2, -0.15) is 0 Å². The minimum Gasteiger partial charge on any atom is -0.493 e. The van der Waals surface area contributed by atoms with E-state index in [9.17, 15) is 4.79 Å². The number of carbonyl (C=O) groups is 1. The van der Waals surface area contributed by atoms with Crippen LogP contribution < -0.4 is 9.64 Å². The molecule has 4 rings (SSSR count). The number of morpholine rings is 1. The summed E-state index contributed by atoms with van der Waals surface area (Å²) in [7, 11) is 0. The van der Waals surface area contributed by atoms with Crippen LogP contribution >= 0.6 is 11.6 Å². The number of hydrogen-bond acceptors (Lipinski definition) is 5. The first kappa shape index (κ1) is 20.0. The normalized spacial score (nSPS) is 19.8. The lowest BCUT2D eigenvalue weighted by Crippen LogP contribution is -2.41. The fraction of sp³-hybridized carbons (Fsp3) is 0.455. The molecule has 1 unspecified atom stereocenters. The Labute approximate surface area is 176 Å². The number of anilines is 1. The molecule has 2 fully saturated rings. The maximum Gasteiger partial charge on any atom is 0.255 e. The zero-order valence-corrected chi connectivity index (χ0v) is 17.2. The van der Waals surface area contributed by atoms with Crippen molar-refractivity contribution >= 4 is 23.3 Å². The molecule has 6 nitrogen and oxygen atoms in total. The van der Waals surface area contributed by atoms with Gasteiger partial charge in [-0.15, -0.1) is 0 Å². The third kappa shape index (κ3) is 5.00. The number of piperidine rings is 1. The molecule has 29 heavy (non-hydrogen) atoms. The number of benzene rings is 1. The van der Waals surface area contributed by atoms with Gasteiger partial charge in [0.1, 0.15) is 11.6 Å². The van der Waals surface area contributed by atoms with Crippen LogP contribution in [0.25, 0.3) is 0 Å². The molecule has 2 aliphatic heterocycles. The summed E-state index contributed by atoms with van der Waals surface area (Å²) in [5, 5.41) is 0.522. The Bertz CT molecular complexity index is 827. The summed E-state index contributed by atoms with van der Waals surface area (Å²) in [4.78, 5) is 21.2. The Kier molecular flexibility index (Phi) is 6.52.